The minimum atomic E-state index is -0.716. The number of benzene rings is 1. The molecule has 0 saturated carbocycles. The third kappa shape index (κ3) is 4.41. The number of hydrogen-bond acceptors (Lipinski definition) is 3. The van der Waals surface area contributed by atoms with Gasteiger partial charge in [-0.3, -0.25) is 4.90 Å². The molecule has 3 N–H and O–H groups in total. The van der Waals surface area contributed by atoms with E-state index in [1.54, 1.807) is 0 Å². The maximum atomic E-state index is 9.93. The topological polar surface area (TPSA) is 49.5 Å². The monoisotopic (exact) mass is 250 g/mol. The highest BCUT2D eigenvalue weighted by Crippen LogP contribution is 2.24. The maximum Gasteiger partial charge on any atom is 0.0718 e. The molecule has 0 amide bonds. The summed E-state index contributed by atoms with van der Waals surface area (Å²) in [6.45, 7) is 8.30. The van der Waals surface area contributed by atoms with Gasteiger partial charge >= 0.3 is 0 Å². The second kappa shape index (κ2) is 5.83. The smallest absolute Gasteiger partial charge is 0.0718 e. The molecule has 1 aromatic carbocycles. The molecule has 1 aromatic rings. The fraction of sp³-hybridized carbons (Fsp3) is 0.600. The summed E-state index contributed by atoms with van der Waals surface area (Å²) >= 11 is 0. The molecular formula is C15H26N2O. The number of aryl methyl sites for hydroxylation is 1. The SMILES string of the molecule is Cc1ccc(C(C(C)N)N(C)CC(C)(C)O)cc1. The minimum absolute atomic E-state index is 0.0139. The lowest BCUT2D eigenvalue weighted by Crippen LogP contribution is -2.43. The predicted molar refractivity (Wildman–Crippen MR) is 76.5 cm³/mol. The van der Waals surface area contributed by atoms with Gasteiger partial charge in [0.25, 0.3) is 0 Å². The van der Waals surface area contributed by atoms with Gasteiger partial charge in [0.2, 0.25) is 0 Å². The van der Waals surface area contributed by atoms with Crippen molar-refractivity contribution in [1.29, 1.82) is 0 Å². The van der Waals surface area contributed by atoms with Crippen molar-refractivity contribution in [2.45, 2.75) is 45.4 Å². The number of nitrogens with two attached hydrogens (primary N) is 1. The second-order valence-corrected chi connectivity index (χ2v) is 5.94. The molecule has 2 unspecified atom stereocenters. The molecule has 0 fully saturated rings. The first-order valence-electron chi connectivity index (χ1n) is 6.45. The van der Waals surface area contributed by atoms with Crippen molar-refractivity contribution in [3.8, 4) is 0 Å². The van der Waals surface area contributed by atoms with Gasteiger partial charge in [-0.25, -0.2) is 0 Å². The zero-order valence-electron chi connectivity index (χ0n) is 12.1. The van der Waals surface area contributed by atoms with Gasteiger partial charge in [0.05, 0.1) is 5.60 Å². The van der Waals surface area contributed by atoms with E-state index in [-0.39, 0.29) is 12.1 Å². The lowest BCUT2D eigenvalue weighted by Gasteiger charge is -2.35. The lowest BCUT2D eigenvalue weighted by molar-refractivity contribution is 0.0278. The summed E-state index contributed by atoms with van der Waals surface area (Å²) in [4.78, 5) is 2.12. The van der Waals surface area contributed by atoms with Crippen molar-refractivity contribution in [1.82, 2.24) is 4.90 Å². The summed E-state index contributed by atoms with van der Waals surface area (Å²) in [6, 6.07) is 8.57. The Morgan fingerprint density at radius 3 is 2.17 bits per heavy atom. The van der Waals surface area contributed by atoms with Crippen molar-refractivity contribution in [3.05, 3.63) is 35.4 Å². The molecule has 0 heterocycles. The van der Waals surface area contributed by atoms with E-state index in [1.807, 2.05) is 27.8 Å². The summed E-state index contributed by atoms with van der Waals surface area (Å²) in [5, 5.41) is 9.93. The largest absolute Gasteiger partial charge is 0.389 e. The van der Waals surface area contributed by atoms with Crippen molar-refractivity contribution < 1.29 is 5.11 Å². The Labute approximate surface area is 111 Å². The number of hydrogen-bond donors (Lipinski definition) is 2. The minimum Gasteiger partial charge on any atom is -0.389 e. The number of rotatable bonds is 5. The van der Waals surface area contributed by atoms with Crippen LogP contribution in [0.3, 0.4) is 0 Å². The molecule has 1 rings (SSSR count). The van der Waals surface area contributed by atoms with E-state index in [0.717, 1.165) is 0 Å². The highest BCUT2D eigenvalue weighted by Gasteiger charge is 2.25. The quantitative estimate of drug-likeness (QED) is 0.841. The summed E-state index contributed by atoms with van der Waals surface area (Å²) in [5.41, 5.74) is 7.83. The van der Waals surface area contributed by atoms with Crippen LogP contribution in [0.4, 0.5) is 0 Å². The molecule has 0 aromatic heterocycles. The average molecular weight is 250 g/mol. The Morgan fingerprint density at radius 2 is 1.78 bits per heavy atom. The lowest BCUT2D eigenvalue weighted by atomic mass is 9.97. The number of nitrogens with zero attached hydrogens (tertiary/aromatic N) is 1. The first-order chi connectivity index (χ1) is 8.20. The molecule has 0 aliphatic heterocycles. The van der Waals surface area contributed by atoms with Crippen LogP contribution in [0, 0.1) is 6.92 Å². The van der Waals surface area contributed by atoms with E-state index in [4.69, 9.17) is 5.73 Å². The Balaban J connectivity index is 2.92. The molecule has 0 radical (unpaired) electrons. The fourth-order valence-corrected chi connectivity index (χ4v) is 2.43. The molecule has 3 nitrogen and oxygen atoms in total. The Kier molecular flexibility index (Phi) is 4.91. The Hall–Kier alpha value is -0.900. The molecule has 2 atom stereocenters. The van der Waals surface area contributed by atoms with Crippen molar-refractivity contribution in [2.75, 3.05) is 13.6 Å². The van der Waals surface area contributed by atoms with Gasteiger partial charge in [-0.15, -0.1) is 0 Å². The van der Waals surface area contributed by atoms with Gasteiger partial charge in [0, 0.05) is 18.6 Å². The van der Waals surface area contributed by atoms with Crippen molar-refractivity contribution >= 4 is 0 Å². The van der Waals surface area contributed by atoms with E-state index >= 15 is 0 Å². The molecule has 0 saturated heterocycles. The summed E-state index contributed by atoms with van der Waals surface area (Å²) in [5.74, 6) is 0. The Bertz CT molecular complexity index is 365. The third-order valence-corrected chi connectivity index (χ3v) is 3.03. The second-order valence-electron chi connectivity index (χ2n) is 5.94. The maximum absolute atomic E-state index is 9.93. The van der Waals surface area contributed by atoms with Crippen LogP contribution in [0.25, 0.3) is 0 Å². The van der Waals surface area contributed by atoms with Crippen LogP contribution >= 0.6 is 0 Å². The Morgan fingerprint density at radius 1 is 1.28 bits per heavy atom. The van der Waals surface area contributed by atoms with Crippen LogP contribution in [0.15, 0.2) is 24.3 Å². The van der Waals surface area contributed by atoms with Crippen LogP contribution in [0.1, 0.15) is 37.9 Å². The molecule has 0 aliphatic rings. The summed E-state index contributed by atoms with van der Waals surface area (Å²) in [6.07, 6.45) is 0. The van der Waals surface area contributed by atoms with Gasteiger partial charge < -0.3 is 10.8 Å². The molecule has 0 spiro atoms. The normalized spacial score (nSPS) is 15.8. The highest BCUT2D eigenvalue weighted by atomic mass is 16.3. The zero-order valence-corrected chi connectivity index (χ0v) is 12.1. The number of likely N-dealkylation sites (N-methyl/N-ethyl adjacent to an activating group) is 1. The van der Waals surface area contributed by atoms with Gasteiger partial charge in [-0.1, -0.05) is 29.8 Å². The third-order valence-electron chi connectivity index (χ3n) is 3.03. The zero-order chi connectivity index (χ0) is 13.9. The van der Waals surface area contributed by atoms with Crippen molar-refractivity contribution in [2.24, 2.45) is 5.73 Å². The van der Waals surface area contributed by atoms with E-state index in [1.165, 1.54) is 11.1 Å². The van der Waals surface area contributed by atoms with E-state index < -0.39 is 5.60 Å². The highest BCUT2D eigenvalue weighted by molar-refractivity contribution is 5.25. The number of aliphatic hydroxyl groups is 1. The van der Waals surface area contributed by atoms with Gasteiger partial charge in [0.1, 0.15) is 0 Å². The first kappa shape index (κ1) is 15.2. The van der Waals surface area contributed by atoms with Crippen LogP contribution < -0.4 is 5.73 Å². The fourth-order valence-electron chi connectivity index (χ4n) is 2.43. The first-order valence-corrected chi connectivity index (χ1v) is 6.45. The summed E-state index contributed by atoms with van der Waals surface area (Å²) < 4.78 is 0. The van der Waals surface area contributed by atoms with Crippen molar-refractivity contribution in [3.63, 3.8) is 0 Å². The van der Waals surface area contributed by atoms with Crippen LogP contribution in [-0.2, 0) is 0 Å². The van der Waals surface area contributed by atoms with Crippen LogP contribution in [0.5, 0.6) is 0 Å². The van der Waals surface area contributed by atoms with Gasteiger partial charge in [-0.05, 0) is 40.3 Å². The molecule has 0 aliphatic carbocycles. The molecule has 0 bridgehead atoms. The van der Waals surface area contributed by atoms with Gasteiger partial charge in [0.15, 0.2) is 0 Å². The molecule has 102 valence electrons. The molecule has 3 heteroatoms. The summed E-state index contributed by atoms with van der Waals surface area (Å²) in [7, 11) is 2.01. The van der Waals surface area contributed by atoms with E-state index in [2.05, 4.69) is 36.1 Å². The standard InChI is InChI=1S/C15H26N2O/c1-11-6-8-13(9-7-11)14(12(2)16)17(5)10-15(3,4)18/h6-9,12,14,18H,10,16H2,1-5H3. The van der Waals surface area contributed by atoms with Crippen LogP contribution in [0.2, 0.25) is 0 Å². The average Bonchev–Trinajstić information content (AvgIpc) is 2.18. The van der Waals surface area contributed by atoms with E-state index in [0.29, 0.717) is 6.54 Å². The van der Waals surface area contributed by atoms with Gasteiger partial charge in [-0.2, -0.15) is 0 Å². The molecular weight excluding hydrogens is 224 g/mol. The predicted octanol–water partition coefficient (Wildman–Crippen LogP) is 2.09. The van der Waals surface area contributed by atoms with Crippen LogP contribution in [-0.4, -0.2) is 35.2 Å². The molecule has 18 heavy (non-hydrogen) atoms. The van der Waals surface area contributed by atoms with E-state index in [9.17, 15) is 5.11 Å².